The van der Waals surface area contributed by atoms with Gasteiger partial charge >= 0.3 is 0 Å². The Morgan fingerprint density at radius 2 is 1.81 bits per heavy atom. The van der Waals surface area contributed by atoms with Gasteiger partial charge in [-0.15, -0.1) is 0 Å². The minimum atomic E-state index is -0.0320. The second-order valence-electron chi connectivity index (χ2n) is 6.96. The van der Waals surface area contributed by atoms with Crippen molar-refractivity contribution in [2.45, 2.75) is 26.3 Å². The van der Waals surface area contributed by atoms with E-state index in [4.69, 9.17) is 4.74 Å². The van der Waals surface area contributed by atoms with Gasteiger partial charge in [0.1, 0.15) is 5.75 Å². The maximum atomic E-state index is 12.4. The molecule has 1 saturated heterocycles. The maximum absolute atomic E-state index is 12.4. The number of carbonyl (C=O) groups excluding carboxylic acids is 2. The van der Waals surface area contributed by atoms with E-state index in [1.54, 1.807) is 4.90 Å². The van der Waals surface area contributed by atoms with Gasteiger partial charge in [0.25, 0.3) is 5.91 Å². The van der Waals surface area contributed by atoms with Gasteiger partial charge in [-0.05, 0) is 43.0 Å². The van der Waals surface area contributed by atoms with Gasteiger partial charge in [-0.25, -0.2) is 0 Å². The fourth-order valence-electron chi connectivity index (χ4n) is 3.26. The number of benzene rings is 2. The third kappa shape index (κ3) is 5.58. The smallest absolute Gasteiger partial charge is 0.260 e. The Morgan fingerprint density at radius 1 is 1.07 bits per heavy atom. The summed E-state index contributed by atoms with van der Waals surface area (Å²) >= 11 is 0. The van der Waals surface area contributed by atoms with Crippen LogP contribution in [0.2, 0.25) is 0 Å². The molecule has 2 aromatic rings. The van der Waals surface area contributed by atoms with Crippen molar-refractivity contribution in [3.63, 3.8) is 0 Å². The monoisotopic (exact) mass is 366 g/mol. The van der Waals surface area contributed by atoms with Crippen molar-refractivity contribution in [1.82, 2.24) is 10.2 Å². The highest BCUT2D eigenvalue weighted by molar-refractivity contribution is 5.80. The van der Waals surface area contributed by atoms with Crippen molar-refractivity contribution in [2.75, 3.05) is 19.7 Å². The summed E-state index contributed by atoms with van der Waals surface area (Å²) in [4.78, 5) is 26.5. The first kappa shape index (κ1) is 19.0. The van der Waals surface area contributed by atoms with Crippen LogP contribution in [0.1, 0.15) is 24.0 Å². The van der Waals surface area contributed by atoms with E-state index in [1.165, 1.54) is 0 Å². The van der Waals surface area contributed by atoms with E-state index in [1.807, 2.05) is 61.5 Å². The van der Waals surface area contributed by atoms with Crippen LogP contribution in [0.15, 0.2) is 54.6 Å². The van der Waals surface area contributed by atoms with Crippen LogP contribution >= 0.6 is 0 Å². The lowest BCUT2D eigenvalue weighted by Crippen LogP contribution is -2.44. The highest BCUT2D eigenvalue weighted by atomic mass is 16.5. The number of nitrogens with zero attached hydrogens (tertiary/aromatic N) is 1. The van der Waals surface area contributed by atoms with E-state index in [9.17, 15) is 9.59 Å². The molecule has 1 heterocycles. The molecule has 0 spiro atoms. The Hall–Kier alpha value is -2.82. The zero-order valence-corrected chi connectivity index (χ0v) is 15.7. The lowest BCUT2D eigenvalue weighted by molar-refractivity contribution is -0.137. The molecule has 0 unspecified atom stereocenters. The first-order valence-corrected chi connectivity index (χ1v) is 9.40. The molecule has 0 radical (unpaired) electrons. The molecular weight excluding hydrogens is 340 g/mol. The van der Waals surface area contributed by atoms with Gasteiger partial charge in [-0.2, -0.15) is 0 Å². The molecule has 5 heteroatoms. The third-order valence-electron chi connectivity index (χ3n) is 4.88. The van der Waals surface area contributed by atoms with Crippen LogP contribution < -0.4 is 10.1 Å². The molecule has 0 aromatic heterocycles. The number of hydrogen-bond acceptors (Lipinski definition) is 3. The van der Waals surface area contributed by atoms with Gasteiger partial charge in [-0.1, -0.05) is 42.5 Å². The number of piperidine rings is 1. The van der Waals surface area contributed by atoms with Gasteiger partial charge < -0.3 is 15.0 Å². The van der Waals surface area contributed by atoms with Crippen molar-refractivity contribution < 1.29 is 14.3 Å². The summed E-state index contributed by atoms with van der Waals surface area (Å²) < 4.78 is 5.59. The van der Waals surface area contributed by atoms with Crippen molar-refractivity contribution in [3.8, 4) is 5.75 Å². The number of rotatable bonds is 6. The van der Waals surface area contributed by atoms with Crippen LogP contribution in [-0.2, 0) is 16.1 Å². The van der Waals surface area contributed by atoms with Crippen LogP contribution in [0.4, 0.5) is 0 Å². The number of likely N-dealkylation sites (tertiary alicyclic amines) is 1. The molecule has 1 fully saturated rings. The number of hydrogen-bond donors (Lipinski definition) is 1. The number of aryl methyl sites for hydroxylation is 1. The average molecular weight is 366 g/mol. The van der Waals surface area contributed by atoms with Crippen LogP contribution in [0.5, 0.6) is 5.75 Å². The Bertz CT molecular complexity index is 768. The molecule has 3 rings (SSSR count). The van der Waals surface area contributed by atoms with E-state index < -0.39 is 0 Å². The molecule has 2 aromatic carbocycles. The Balaban J connectivity index is 1.40. The Kier molecular flexibility index (Phi) is 6.47. The SMILES string of the molecule is Cc1cccc(OCC(=O)N2CCC(C(=O)NCc3ccccc3)CC2)c1. The molecule has 0 bridgehead atoms. The number of ether oxygens (including phenoxy) is 1. The van der Waals surface area contributed by atoms with Gasteiger partial charge in [0, 0.05) is 25.6 Å². The molecule has 0 atom stereocenters. The van der Waals surface area contributed by atoms with Gasteiger partial charge in [0.15, 0.2) is 6.61 Å². The maximum Gasteiger partial charge on any atom is 0.260 e. The van der Waals surface area contributed by atoms with Crippen molar-refractivity contribution >= 4 is 11.8 Å². The predicted octanol–water partition coefficient (Wildman–Crippen LogP) is 2.93. The molecule has 1 aliphatic heterocycles. The summed E-state index contributed by atoms with van der Waals surface area (Å²) in [5.41, 5.74) is 2.19. The summed E-state index contributed by atoms with van der Waals surface area (Å²) in [5.74, 6) is 0.718. The highest BCUT2D eigenvalue weighted by Gasteiger charge is 2.27. The second-order valence-corrected chi connectivity index (χ2v) is 6.96. The van der Waals surface area contributed by atoms with Crippen LogP contribution in [0.25, 0.3) is 0 Å². The molecule has 142 valence electrons. The van der Waals surface area contributed by atoms with E-state index in [-0.39, 0.29) is 24.3 Å². The average Bonchev–Trinajstić information content (AvgIpc) is 2.71. The summed E-state index contributed by atoms with van der Waals surface area (Å²) in [6.45, 7) is 3.76. The quantitative estimate of drug-likeness (QED) is 0.855. The largest absolute Gasteiger partial charge is 0.484 e. The summed E-state index contributed by atoms with van der Waals surface area (Å²) in [5, 5.41) is 3.00. The fourth-order valence-corrected chi connectivity index (χ4v) is 3.26. The zero-order valence-electron chi connectivity index (χ0n) is 15.7. The molecular formula is C22H26N2O3. The molecule has 1 aliphatic rings. The molecule has 2 amide bonds. The third-order valence-corrected chi connectivity index (χ3v) is 4.88. The van der Waals surface area contributed by atoms with Gasteiger partial charge in [0.2, 0.25) is 5.91 Å². The van der Waals surface area contributed by atoms with Crippen molar-refractivity contribution in [1.29, 1.82) is 0 Å². The van der Waals surface area contributed by atoms with Gasteiger partial charge in [-0.3, -0.25) is 9.59 Å². The standard InChI is InChI=1S/C22H26N2O3/c1-17-6-5-9-20(14-17)27-16-21(25)24-12-10-19(11-13-24)22(26)23-15-18-7-3-2-4-8-18/h2-9,14,19H,10-13,15-16H2,1H3,(H,23,26). The molecule has 5 nitrogen and oxygen atoms in total. The molecule has 1 N–H and O–H groups in total. The minimum absolute atomic E-state index is 0.0281. The summed E-state index contributed by atoms with van der Waals surface area (Å²) in [6, 6.07) is 17.5. The second kappa shape index (κ2) is 9.21. The van der Waals surface area contributed by atoms with Crippen LogP contribution in [0.3, 0.4) is 0 Å². The number of amides is 2. The number of carbonyl (C=O) groups is 2. The van der Waals surface area contributed by atoms with Crippen LogP contribution in [-0.4, -0.2) is 36.4 Å². The minimum Gasteiger partial charge on any atom is -0.484 e. The summed E-state index contributed by atoms with van der Waals surface area (Å²) in [6.07, 6.45) is 1.38. The lowest BCUT2D eigenvalue weighted by atomic mass is 9.96. The first-order valence-electron chi connectivity index (χ1n) is 9.40. The topological polar surface area (TPSA) is 58.6 Å². The lowest BCUT2D eigenvalue weighted by Gasteiger charge is -2.31. The molecule has 27 heavy (non-hydrogen) atoms. The van der Waals surface area contributed by atoms with Crippen molar-refractivity contribution in [2.24, 2.45) is 5.92 Å². The van der Waals surface area contributed by atoms with E-state index in [2.05, 4.69) is 5.32 Å². The Morgan fingerprint density at radius 3 is 2.52 bits per heavy atom. The Labute approximate surface area is 160 Å². The van der Waals surface area contributed by atoms with Gasteiger partial charge in [0.05, 0.1) is 0 Å². The highest BCUT2D eigenvalue weighted by Crippen LogP contribution is 2.18. The van der Waals surface area contributed by atoms with E-state index in [0.717, 1.165) is 11.1 Å². The van der Waals surface area contributed by atoms with E-state index >= 15 is 0 Å². The summed E-state index contributed by atoms with van der Waals surface area (Å²) in [7, 11) is 0. The van der Waals surface area contributed by atoms with Crippen LogP contribution in [0, 0.1) is 12.8 Å². The normalized spacial score (nSPS) is 14.6. The molecule has 0 saturated carbocycles. The number of nitrogens with one attached hydrogen (secondary N) is 1. The predicted molar refractivity (Wildman–Crippen MR) is 104 cm³/mol. The first-order chi connectivity index (χ1) is 13.1. The zero-order chi connectivity index (χ0) is 19.1. The fraction of sp³-hybridized carbons (Fsp3) is 0.364. The molecule has 0 aliphatic carbocycles. The van der Waals surface area contributed by atoms with Crippen molar-refractivity contribution in [3.05, 3.63) is 65.7 Å². The van der Waals surface area contributed by atoms with E-state index in [0.29, 0.717) is 38.2 Å².